The number of benzene rings is 1. The van der Waals surface area contributed by atoms with E-state index in [9.17, 15) is 9.90 Å². The van der Waals surface area contributed by atoms with E-state index in [1.165, 1.54) is 0 Å². The smallest absolute Gasteiger partial charge is 0.238 e. The van der Waals surface area contributed by atoms with E-state index in [0.717, 1.165) is 19.3 Å². The first-order chi connectivity index (χ1) is 9.19. The summed E-state index contributed by atoms with van der Waals surface area (Å²) in [5.41, 5.74) is 0.699. The van der Waals surface area contributed by atoms with E-state index in [1.54, 1.807) is 24.3 Å². The van der Waals surface area contributed by atoms with Gasteiger partial charge >= 0.3 is 0 Å². The molecule has 3 N–H and O–H groups in total. The van der Waals surface area contributed by atoms with Crippen LogP contribution >= 0.6 is 11.6 Å². The Balaban J connectivity index is 1.78. The molecule has 104 valence electrons. The van der Waals surface area contributed by atoms with Crippen molar-refractivity contribution in [3.63, 3.8) is 0 Å². The summed E-state index contributed by atoms with van der Waals surface area (Å²) in [4.78, 5) is 11.8. The van der Waals surface area contributed by atoms with Crippen molar-refractivity contribution in [1.82, 2.24) is 5.32 Å². The van der Waals surface area contributed by atoms with Gasteiger partial charge in [0.15, 0.2) is 0 Å². The number of hydrogen-bond donors (Lipinski definition) is 3. The molecule has 1 aromatic rings. The van der Waals surface area contributed by atoms with Gasteiger partial charge in [-0.25, -0.2) is 0 Å². The number of amides is 1. The molecule has 0 radical (unpaired) electrons. The zero-order valence-corrected chi connectivity index (χ0v) is 11.5. The normalized spacial score (nSPS) is 22.4. The van der Waals surface area contributed by atoms with Crippen molar-refractivity contribution in [1.29, 1.82) is 0 Å². The highest BCUT2D eigenvalue weighted by molar-refractivity contribution is 6.30. The molecule has 0 aliphatic heterocycles. The van der Waals surface area contributed by atoms with E-state index in [-0.39, 0.29) is 31.0 Å². The van der Waals surface area contributed by atoms with Crippen LogP contribution in [0.15, 0.2) is 24.3 Å². The molecule has 5 heteroatoms. The van der Waals surface area contributed by atoms with Crippen LogP contribution < -0.4 is 10.6 Å². The van der Waals surface area contributed by atoms with E-state index < -0.39 is 0 Å². The first-order valence-corrected chi connectivity index (χ1v) is 6.96. The van der Waals surface area contributed by atoms with Crippen LogP contribution in [0.3, 0.4) is 0 Å². The largest absolute Gasteiger partial charge is 0.396 e. The van der Waals surface area contributed by atoms with Crippen LogP contribution in [0.5, 0.6) is 0 Å². The molecule has 0 heterocycles. The molecule has 0 spiro atoms. The highest BCUT2D eigenvalue weighted by atomic mass is 35.5. The minimum absolute atomic E-state index is 0.0918. The third kappa shape index (κ3) is 4.20. The third-order valence-electron chi connectivity index (χ3n) is 3.53. The average Bonchev–Trinajstić information content (AvgIpc) is 2.83. The summed E-state index contributed by atoms with van der Waals surface area (Å²) in [6, 6.07) is 7.32. The Kier molecular flexibility index (Phi) is 5.19. The second-order valence-corrected chi connectivity index (χ2v) is 5.36. The van der Waals surface area contributed by atoms with E-state index in [0.29, 0.717) is 10.7 Å². The molecule has 2 unspecified atom stereocenters. The average molecular weight is 283 g/mol. The van der Waals surface area contributed by atoms with Crippen molar-refractivity contribution in [2.75, 3.05) is 18.5 Å². The lowest BCUT2D eigenvalue weighted by molar-refractivity contribution is -0.115. The molecular weight excluding hydrogens is 264 g/mol. The first kappa shape index (κ1) is 14.3. The number of carbonyl (C=O) groups is 1. The van der Waals surface area contributed by atoms with Gasteiger partial charge in [-0.05, 0) is 37.0 Å². The lowest BCUT2D eigenvalue weighted by Gasteiger charge is -2.18. The third-order valence-corrected chi connectivity index (χ3v) is 3.76. The molecule has 0 saturated heterocycles. The molecule has 4 nitrogen and oxygen atoms in total. The van der Waals surface area contributed by atoms with Gasteiger partial charge in [-0.1, -0.05) is 24.1 Å². The molecule has 1 aromatic carbocycles. The molecule has 19 heavy (non-hydrogen) atoms. The van der Waals surface area contributed by atoms with E-state index in [1.807, 2.05) is 0 Å². The predicted octanol–water partition coefficient (Wildman–Crippen LogP) is 2.03. The number of nitrogens with one attached hydrogen (secondary N) is 2. The number of carbonyl (C=O) groups excluding carboxylic acids is 1. The second-order valence-electron chi connectivity index (χ2n) is 4.92. The summed E-state index contributed by atoms with van der Waals surface area (Å²) >= 11 is 5.85. The number of aliphatic hydroxyl groups excluding tert-OH is 1. The fraction of sp³-hybridized carbons (Fsp3) is 0.500. The molecular formula is C14H19ClN2O2. The van der Waals surface area contributed by atoms with Crippen molar-refractivity contribution >= 4 is 23.2 Å². The Labute approximate surface area is 118 Å². The van der Waals surface area contributed by atoms with Crippen molar-refractivity contribution in [3.05, 3.63) is 29.3 Å². The molecule has 1 amide bonds. The summed E-state index contributed by atoms with van der Waals surface area (Å²) in [7, 11) is 0. The lowest BCUT2D eigenvalue weighted by atomic mass is 10.1. The van der Waals surface area contributed by atoms with Crippen LogP contribution in [0.1, 0.15) is 19.3 Å². The molecule has 0 aromatic heterocycles. The summed E-state index contributed by atoms with van der Waals surface area (Å²) in [6.45, 7) is 0.446. The SMILES string of the molecule is O=C(CNC1CCCC1CO)Nc1cccc(Cl)c1. The molecule has 2 rings (SSSR count). The molecule has 1 saturated carbocycles. The number of rotatable bonds is 5. The van der Waals surface area contributed by atoms with Gasteiger partial charge in [0.25, 0.3) is 0 Å². The highest BCUT2D eigenvalue weighted by Gasteiger charge is 2.26. The molecule has 1 aliphatic rings. The molecule has 2 atom stereocenters. The summed E-state index contributed by atoms with van der Waals surface area (Å²) in [5.74, 6) is 0.185. The van der Waals surface area contributed by atoms with Crippen molar-refractivity contribution in [3.8, 4) is 0 Å². The zero-order valence-electron chi connectivity index (χ0n) is 10.7. The Hall–Kier alpha value is -1.10. The fourth-order valence-corrected chi connectivity index (χ4v) is 2.71. The fourth-order valence-electron chi connectivity index (χ4n) is 2.52. The molecule has 1 aliphatic carbocycles. The van der Waals surface area contributed by atoms with Gasteiger partial charge in [-0.2, -0.15) is 0 Å². The van der Waals surface area contributed by atoms with Gasteiger partial charge in [0.05, 0.1) is 6.54 Å². The minimum atomic E-state index is -0.0918. The van der Waals surface area contributed by atoms with E-state index in [4.69, 9.17) is 11.6 Å². The molecule has 1 fully saturated rings. The van der Waals surface area contributed by atoms with Gasteiger partial charge in [-0.3, -0.25) is 4.79 Å². The van der Waals surface area contributed by atoms with Gasteiger partial charge in [-0.15, -0.1) is 0 Å². The maximum Gasteiger partial charge on any atom is 0.238 e. The van der Waals surface area contributed by atoms with Gasteiger partial charge < -0.3 is 15.7 Å². The Morgan fingerprint density at radius 3 is 3.00 bits per heavy atom. The summed E-state index contributed by atoms with van der Waals surface area (Å²) in [6.07, 6.45) is 3.17. The quantitative estimate of drug-likeness (QED) is 0.774. The van der Waals surface area contributed by atoms with Crippen LogP contribution in [0.2, 0.25) is 5.02 Å². The van der Waals surface area contributed by atoms with Crippen LogP contribution in [0, 0.1) is 5.92 Å². The van der Waals surface area contributed by atoms with Crippen molar-refractivity contribution < 1.29 is 9.90 Å². The maximum absolute atomic E-state index is 11.8. The number of aliphatic hydroxyl groups is 1. The Morgan fingerprint density at radius 2 is 2.26 bits per heavy atom. The maximum atomic E-state index is 11.8. The number of hydrogen-bond acceptors (Lipinski definition) is 3. The van der Waals surface area contributed by atoms with Gasteiger partial charge in [0.1, 0.15) is 0 Å². The van der Waals surface area contributed by atoms with E-state index >= 15 is 0 Å². The number of anilines is 1. The summed E-state index contributed by atoms with van der Waals surface area (Å²) in [5, 5.41) is 15.8. The zero-order chi connectivity index (χ0) is 13.7. The highest BCUT2D eigenvalue weighted by Crippen LogP contribution is 2.24. The Morgan fingerprint density at radius 1 is 1.42 bits per heavy atom. The molecule has 0 bridgehead atoms. The second kappa shape index (κ2) is 6.89. The topological polar surface area (TPSA) is 61.4 Å². The minimum Gasteiger partial charge on any atom is -0.396 e. The first-order valence-electron chi connectivity index (χ1n) is 6.58. The van der Waals surface area contributed by atoms with Crippen molar-refractivity contribution in [2.24, 2.45) is 5.92 Å². The van der Waals surface area contributed by atoms with E-state index in [2.05, 4.69) is 10.6 Å². The van der Waals surface area contributed by atoms with Crippen LogP contribution in [-0.2, 0) is 4.79 Å². The van der Waals surface area contributed by atoms with Crippen LogP contribution in [-0.4, -0.2) is 30.2 Å². The van der Waals surface area contributed by atoms with Crippen molar-refractivity contribution in [2.45, 2.75) is 25.3 Å². The summed E-state index contributed by atoms with van der Waals surface area (Å²) < 4.78 is 0. The number of halogens is 1. The Bertz CT molecular complexity index is 439. The van der Waals surface area contributed by atoms with Gasteiger partial charge in [0, 0.05) is 23.4 Å². The van der Waals surface area contributed by atoms with Crippen LogP contribution in [0.4, 0.5) is 5.69 Å². The van der Waals surface area contributed by atoms with Gasteiger partial charge in [0.2, 0.25) is 5.91 Å². The standard InChI is InChI=1S/C14H19ClN2O2/c15-11-4-2-5-12(7-11)17-14(19)8-16-13-6-1-3-10(13)9-18/h2,4-5,7,10,13,16,18H,1,3,6,8-9H2,(H,17,19). The van der Waals surface area contributed by atoms with Crippen LogP contribution in [0.25, 0.3) is 0 Å². The monoisotopic (exact) mass is 282 g/mol. The lowest BCUT2D eigenvalue weighted by Crippen LogP contribution is -2.39. The predicted molar refractivity (Wildman–Crippen MR) is 76.3 cm³/mol.